The van der Waals surface area contributed by atoms with Crippen LogP contribution in [0, 0.1) is 0 Å². The molecule has 22 heavy (non-hydrogen) atoms. The number of methoxy groups -OCH3 is 1. The van der Waals surface area contributed by atoms with Crippen LogP contribution >= 0.6 is 0 Å². The first-order chi connectivity index (χ1) is 10.5. The molecule has 0 aromatic rings. The van der Waals surface area contributed by atoms with Gasteiger partial charge in [0.15, 0.2) is 0 Å². The maximum Gasteiger partial charge on any atom is 0.0939 e. The van der Waals surface area contributed by atoms with Crippen molar-refractivity contribution in [2.45, 2.75) is 64.5 Å². The van der Waals surface area contributed by atoms with Crippen molar-refractivity contribution in [3.8, 4) is 0 Å². The van der Waals surface area contributed by atoms with Gasteiger partial charge in [0, 0.05) is 45.4 Å². The number of ether oxygens (including phenoxy) is 3. The van der Waals surface area contributed by atoms with Crippen LogP contribution in [-0.4, -0.2) is 86.7 Å². The molecule has 2 aliphatic heterocycles. The van der Waals surface area contributed by atoms with Gasteiger partial charge in [-0.25, -0.2) is 0 Å². The Morgan fingerprint density at radius 3 is 2.45 bits per heavy atom. The Kier molecular flexibility index (Phi) is 7.09. The fourth-order valence-electron chi connectivity index (χ4n) is 3.56. The Morgan fingerprint density at radius 2 is 1.82 bits per heavy atom. The molecule has 0 bridgehead atoms. The average molecular weight is 314 g/mol. The quantitative estimate of drug-likeness (QED) is 0.744. The van der Waals surface area contributed by atoms with Gasteiger partial charge in [0.05, 0.1) is 31.5 Å². The molecule has 2 rings (SSSR count). The number of nitrogens with zero attached hydrogens (tertiary/aromatic N) is 2. The summed E-state index contributed by atoms with van der Waals surface area (Å²) in [6.07, 6.45) is 1.92. The monoisotopic (exact) mass is 314 g/mol. The first-order valence-corrected chi connectivity index (χ1v) is 8.73. The summed E-state index contributed by atoms with van der Waals surface area (Å²) in [5.74, 6) is 0. The number of hydrogen-bond donors (Lipinski definition) is 0. The molecular weight excluding hydrogens is 280 g/mol. The molecule has 0 aromatic carbocycles. The molecule has 4 atom stereocenters. The van der Waals surface area contributed by atoms with Crippen molar-refractivity contribution in [3.05, 3.63) is 0 Å². The minimum atomic E-state index is 0.196. The predicted octanol–water partition coefficient (Wildman–Crippen LogP) is 1.61. The Morgan fingerprint density at radius 1 is 1.09 bits per heavy atom. The SMILES string of the molecule is COCC1CN(C(C)C)CC(CC(C)N2CCOC(C)C2)O1. The standard InChI is InChI=1S/C17H34N2O3/c1-13(2)19-10-16(22-17(11-19)12-20-5)8-14(3)18-6-7-21-15(4)9-18/h13-17H,6-12H2,1-5H3. The molecule has 0 aromatic heterocycles. The second-order valence-corrected chi connectivity index (χ2v) is 7.14. The lowest BCUT2D eigenvalue weighted by Gasteiger charge is -2.42. The van der Waals surface area contributed by atoms with E-state index < -0.39 is 0 Å². The van der Waals surface area contributed by atoms with Gasteiger partial charge >= 0.3 is 0 Å². The van der Waals surface area contributed by atoms with E-state index in [0.717, 1.165) is 39.2 Å². The van der Waals surface area contributed by atoms with Crippen LogP contribution in [0.1, 0.15) is 34.1 Å². The van der Waals surface area contributed by atoms with E-state index in [1.165, 1.54) is 0 Å². The molecule has 0 spiro atoms. The van der Waals surface area contributed by atoms with Crippen molar-refractivity contribution in [1.29, 1.82) is 0 Å². The van der Waals surface area contributed by atoms with Crippen molar-refractivity contribution in [2.24, 2.45) is 0 Å². The van der Waals surface area contributed by atoms with E-state index in [2.05, 4.69) is 37.5 Å². The molecular formula is C17H34N2O3. The highest BCUT2D eigenvalue weighted by atomic mass is 16.5. The molecule has 130 valence electrons. The van der Waals surface area contributed by atoms with Crippen LogP contribution in [-0.2, 0) is 14.2 Å². The van der Waals surface area contributed by atoms with Gasteiger partial charge in [-0.1, -0.05) is 0 Å². The van der Waals surface area contributed by atoms with Gasteiger partial charge in [0.2, 0.25) is 0 Å². The fraction of sp³-hybridized carbons (Fsp3) is 1.00. The van der Waals surface area contributed by atoms with Crippen LogP contribution < -0.4 is 0 Å². The van der Waals surface area contributed by atoms with E-state index in [1.807, 2.05) is 0 Å². The Hall–Kier alpha value is -0.200. The lowest BCUT2D eigenvalue weighted by Crippen LogP contribution is -2.54. The summed E-state index contributed by atoms with van der Waals surface area (Å²) in [5, 5.41) is 0. The zero-order valence-electron chi connectivity index (χ0n) is 15.0. The third kappa shape index (κ3) is 5.17. The second-order valence-electron chi connectivity index (χ2n) is 7.14. The molecule has 0 saturated carbocycles. The van der Waals surface area contributed by atoms with E-state index in [4.69, 9.17) is 14.2 Å². The maximum atomic E-state index is 6.27. The highest BCUT2D eigenvalue weighted by molar-refractivity contribution is 4.84. The van der Waals surface area contributed by atoms with Crippen molar-refractivity contribution in [3.63, 3.8) is 0 Å². The highest BCUT2D eigenvalue weighted by Crippen LogP contribution is 2.20. The molecule has 2 heterocycles. The third-order valence-corrected chi connectivity index (χ3v) is 4.84. The smallest absolute Gasteiger partial charge is 0.0939 e. The lowest BCUT2D eigenvalue weighted by molar-refractivity contribution is -0.125. The minimum Gasteiger partial charge on any atom is -0.382 e. The molecule has 5 heteroatoms. The largest absolute Gasteiger partial charge is 0.382 e. The average Bonchev–Trinajstić information content (AvgIpc) is 2.47. The zero-order valence-corrected chi connectivity index (χ0v) is 15.0. The first kappa shape index (κ1) is 18.1. The van der Waals surface area contributed by atoms with E-state index in [1.54, 1.807) is 7.11 Å². The third-order valence-electron chi connectivity index (χ3n) is 4.84. The van der Waals surface area contributed by atoms with Gasteiger partial charge in [-0.15, -0.1) is 0 Å². The van der Waals surface area contributed by atoms with Crippen LogP contribution in [0.3, 0.4) is 0 Å². The fourth-order valence-corrected chi connectivity index (χ4v) is 3.56. The summed E-state index contributed by atoms with van der Waals surface area (Å²) >= 11 is 0. The van der Waals surface area contributed by atoms with Crippen LogP contribution in [0.15, 0.2) is 0 Å². The molecule has 0 amide bonds. The predicted molar refractivity (Wildman–Crippen MR) is 88.3 cm³/mol. The highest BCUT2D eigenvalue weighted by Gasteiger charge is 2.31. The van der Waals surface area contributed by atoms with Crippen LogP contribution in [0.2, 0.25) is 0 Å². The van der Waals surface area contributed by atoms with E-state index in [0.29, 0.717) is 30.9 Å². The molecule has 2 saturated heterocycles. The summed E-state index contributed by atoms with van der Waals surface area (Å²) in [6.45, 7) is 14.6. The van der Waals surface area contributed by atoms with Crippen molar-refractivity contribution < 1.29 is 14.2 Å². The molecule has 0 aliphatic carbocycles. The van der Waals surface area contributed by atoms with Crippen molar-refractivity contribution in [1.82, 2.24) is 9.80 Å². The minimum absolute atomic E-state index is 0.196. The van der Waals surface area contributed by atoms with Gasteiger partial charge < -0.3 is 14.2 Å². The zero-order chi connectivity index (χ0) is 16.1. The molecule has 5 nitrogen and oxygen atoms in total. The van der Waals surface area contributed by atoms with Gasteiger partial charge in [0.1, 0.15) is 0 Å². The van der Waals surface area contributed by atoms with E-state index >= 15 is 0 Å². The Bertz CT molecular complexity index is 327. The van der Waals surface area contributed by atoms with Gasteiger partial charge in [0.25, 0.3) is 0 Å². The van der Waals surface area contributed by atoms with Crippen LogP contribution in [0.5, 0.6) is 0 Å². The van der Waals surface area contributed by atoms with Gasteiger partial charge in [-0.3, -0.25) is 9.80 Å². The lowest BCUT2D eigenvalue weighted by atomic mass is 10.0. The molecule has 0 radical (unpaired) electrons. The number of morpholine rings is 2. The normalized spacial score (nSPS) is 33.3. The Labute approximate surface area is 135 Å². The number of hydrogen-bond acceptors (Lipinski definition) is 5. The summed E-state index contributed by atoms with van der Waals surface area (Å²) in [6, 6.07) is 1.09. The summed E-state index contributed by atoms with van der Waals surface area (Å²) in [4.78, 5) is 5.06. The molecule has 2 aliphatic rings. The van der Waals surface area contributed by atoms with Crippen LogP contribution in [0.25, 0.3) is 0 Å². The topological polar surface area (TPSA) is 34.2 Å². The van der Waals surface area contributed by atoms with E-state index in [-0.39, 0.29) is 6.10 Å². The van der Waals surface area contributed by atoms with E-state index in [9.17, 15) is 0 Å². The summed E-state index contributed by atoms with van der Waals surface area (Å²) in [7, 11) is 1.75. The van der Waals surface area contributed by atoms with Gasteiger partial charge in [-0.05, 0) is 34.1 Å². The Balaban J connectivity index is 1.88. The number of rotatable bonds is 6. The van der Waals surface area contributed by atoms with Crippen LogP contribution in [0.4, 0.5) is 0 Å². The van der Waals surface area contributed by atoms with Crippen molar-refractivity contribution >= 4 is 0 Å². The summed E-state index contributed by atoms with van der Waals surface area (Å²) in [5.41, 5.74) is 0. The summed E-state index contributed by atoms with van der Waals surface area (Å²) < 4.78 is 17.2. The molecule has 2 fully saturated rings. The molecule has 0 N–H and O–H groups in total. The second kappa shape index (κ2) is 8.60. The first-order valence-electron chi connectivity index (χ1n) is 8.73. The van der Waals surface area contributed by atoms with Crippen molar-refractivity contribution in [2.75, 3.05) is 46.5 Å². The maximum absolute atomic E-state index is 6.27. The van der Waals surface area contributed by atoms with Gasteiger partial charge in [-0.2, -0.15) is 0 Å². The molecule has 4 unspecified atom stereocenters.